The smallest absolute Gasteiger partial charge is 0.130 e. The minimum absolute atomic E-state index is 0.370. The molecule has 0 saturated carbocycles. The van der Waals surface area contributed by atoms with Crippen molar-refractivity contribution in [1.82, 2.24) is 4.90 Å². The first-order chi connectivity index (χ1) is 8.49. The summed E-state index contributed by atoms with van der Waals surface area (Å²) in [6, 6.07) is 3.56. The van der Waals surface area contributed by atoms with Gasteiger partial charge in [0.15, 0.2) is 0 Å². The summed E-state index contributed by atoms with van der Waals surface area (Å²) in [6.45, 7) is 4.80. The molecule has 0 heterocycles. The zero-order chi connectivity index (χ0) is 13.7. The molecule has 2 N–H and O–H groups in total. The zero-order valence-corrected chi connectivity index (χ0v) is 11.3. The lowest BCUT2D eigenvalue weighted by molar-refractivity contribution is 0.216. The number of likely N-dealkylation sites (N-methyl/N-ethyl adjacent to an activating group) is 1. The maximum absolute atomic E-state index is 13.6. The van der Waals surface area contributed by atoms with Crippen molar-refractivity contribution in [3.8, 4) is 0 Å². The molecule has 2 nitrogen and oxygen atoms in total. The van der Waals surface area contributed by atoms with Gasteiger partial charge in [0.2, 0.25) is 0 Å². The number of rotatable bonds is 6. The van der Waals surface area contributed by atoms with E-state index >= 15 is 0 Å². The number of halogens is 2. The van der Waals surface area contributed by atoms with E-state index in [0.29, 0.717) is 18.2 Å². The molecule has 0 aliphatic heterocycles. The molecule has 0 amide bonds. The average molecular weight is 256 g/mol. The van der Waals surface area contributed by atoms with E-state index in [1.165, 1.54) is 12.1 Å². The molecule has 0 aromatic heterocycles. The molecule has 0 aliphatic rings. The Morgan fingerprint density at radius 1 is 1.22 bits per heavy atom. The lowest BCUT2D eigenvalue weighted by atomic mass is 10.0. The van der Waals surface area contributed by atoms with Crippen LogP contribution in [-0.4, -0.2) is 24.5 Å². The highest BCUT2D eigenvalue weighted by molar-refractivity contribution is 5.22. The van der Waals surface area contributed by atoms with Gasteiger partial charge in [0.1, 0.15) is 11.6 Å². The van der Waals surface area contributed by atoms with Crippen molar-refractivity contribution in [3.63, 3.8) is 0 Å². The second kappa shape index (κ2) is 6.81. The normalized spacial score (nSPS) is 13.3. The third-order valence-electron chi connectivity index (χ3n) is 3.41. The van der Waals surface area contributed by atoms with Crippen molar-refractivity contribution in [2.24, 2.45) is 5.73 Å². The highest BCUT2D eigenvalue weighted by Crippen LogP contribution is 2.18. The number of nitrogens with zero attached hydrogens (tertiary/aromatic N) is 1. The van der Waals surface area contributed by atoms with Gasteiger partial charge in [-0.05, 0) is 26.0 Å². The van der Waals surface area contributed by atoms with Crippen molar-refractivity contribution in [3.05, 3.63) is 35.4 Å². The monoisotopic (exact) mass is 256 g/mol. The van der Waals surface area contributed by atoms with E-state index in [9.17, 15) is 8.78 Å². The van der Waals surface area contributed by atoms with Crippen LogP contribution in [0.1, 0.15) is 38.3 Å². The minimum Gasteiger partial charge on any atom is -0.323 e. The average Bonchev–Trinajstić information content (AvgIpc) is 2.30. The van der Waals surface area contributed by atoms with E-state index in [4.69, 9.17) is 5.73 Å². The van der Waals surface area contributed by atoms with Crippen molar-refractivity contribution >= 4 is 0 Å². The summed E-state index contributed by atoms with van der Waals surface area (Å²) < 4.78 is 26.4. The maximum atomic E-state index is 13.6. The van der Waals surface area contributed by atoms with Crippen molar-refractivity contribution < 1.29 is 8.78 Å². The second-order valence-corrected chi connectivity index (χ2v) is 4.68. The van der Waals surface area contributed by atoms with Crippen molar-refractivity contribution in [2.75, 3.05) is 13.6 Å². The van der Waals surface area contributed by atoms with Gasteiger partial charge in [0.25, 0.3) is 0 Å². The van der Waals surface area contributed by atoms with Crippen LogP contribution in [0.15, 0.2) is 18.2 Å². The highest BCUT2D eigenvalue weighted by Gasteiger charge is 2.17. The Hall–Kier alpha value is -1.00. The van der Waals surface area contributed by atoms with E-state index < -0.39 is 17.7 Å². The van der Waals surface area contributed by atoms with Crippen LogP contribution >= 0.6 is 0 Å². The molecule has 1 atom stereocenters. The Morgan fingerprint density at radius 3 is 2.33 bits per heavy atom. The van der Waals surface area contributed by atoms with Crippen LogP contribution in [0.4, 0.5) is 8.78 Å². The van der Waals surface area contributed by atoms with Crippen molar-refractivity contribution in [2.45, 2.75) is 38.8 Å². The van der Waals surface area contributed by atoms with E-state index in [2.05, 4.69) is 18.7 Å². The third-order valence-corrected chi connectivity index (χ3v) is 3.41. The highest BCUT2D eigenvalue weighted by atomic mass is 19.1. The summed E-state index contributed by atoms with van der Waals surface area (Å²) in [7, 11) is 1.99. The van der Waals surface area contributed by atoms with Crippen LogP contribution in [0.3, 0.4) is 0 Å². The van der Waals surface area contributed by atoms with Crippen LogP contribution in [0.2, 0.25) is 0 Å². The fraction of sp³-hybridized carbons (Fsp3) is 0.571. The molecule has 102 valence electrons. The van der Waals surface area contributed by atoms with E-state index in [-0.39, 0.29) is 0 Å². The third kappa shape index (κ3) is 3.75. The Morgan fingerprint density at radius 2 is 1.83 bits per heavy atom. The maximum Gasteiger partial charge on any atom is 0.130 e. The molecule has 0 bridgehead atoms. The van der Waals surface area contributed by atoms with E-state index in [1.54, 1.807) is 0 Å². The number of hydrogen-bond acceptors (Lipinski definition) is 2. The minimum atomic E-state index is -0.572. The molecule has 1 aromatic rings. The lowest BCUT2D eigenvalue weighted by Gasteiger charge is -2.28. The summed E-state index contributed by atoms with van der Waals surface area (Å²) in [6.07, 6.45) is 2.07. The fourth-order valence-corrected chi connectivity index (χ4v) is 2.27. The molecule has 0 fully saturated rings. The summed E-state index contributed by atoms with van der Waals surface area (Å²) in [5, 5.41) is 0. The van der Waals surface area contributed by atoms with Gasteiger partial charge in [0, 0.05) is 30.3 Å². The van der Waals surface area contributed by atoms with Gasteiger partial charge in [-0.3, -0.25) is 0 Å². The van der Waals surface area contributed by atoms with Gasteiger partial charge in [-0.15, -0.1) is 0 Å². The fourth-order valence-electron chi connectivity index (χ4n) is 2.27. The molecular weight excluding hydrogens is 234 g/mol. The summed E-state index contributed by atoms with van der Waals surface area (Å²) in [5.74, 6) is -1.14. The van der Waals surface area contributed by atoms with Gasteiger partial charge in [-0.2, -0.15) is 0 Å². The van der Waals surface area contributed by atoms with Crippen LogP contribution in [0.5, 0.6) is 0 Å². The molecule has 1 rings (SSSR count). The Balaban J connectivity index is 2.72. The standard InChI is InChI=1S/C14H22F2N2/c1-4-11(5-2)18(3)9-14(17)12-7-6-10(15)8-13(12)16/h6-8,11,14H,4-5,9,17H2,1-3H3. The molecular formula is C14H22F2N2. The Kier molecular flexibility index (Phi) is 5.69. The molecule has 1 aromatic carbocycles. The summed E-state index contributed by atoms with van der Waals surface area (Å²) >= 11 is 0. The molecule has 4 heteroatoms. The second-order valence-electron chi connectivity index (χ2n) is 4.68. The van der Waals surface area contributed by atoms with Crippen molar-refractivity contribution in [1.29, 1.82) is 0 Å². The zero-order valence-electron chi connectivity index (χ0n) is 11.3. The first kappa shape index (κ1) is 15.1. The van der Waals surface area contributed by atoms with Crippen LogP contribution in [0.25, 0.3) is 0 Å². The Bertz CT molecular complexity index is 378. The molecule has 0 saturated heterocycles. The van der Waals surface area contributed by atoms with E-state index in [0.717, 1.165) is 18.9 Å². The van der Waals surface area contributed by atoms with Gasteiger partial charge < -0.3 is 10.6 Å². The quantitative estimate of drug-likeness (QED) is 0.847. The topological polar surface area (TPSA) is 29.3 Å². The SMILES string of the molecule is CCC(CC)N(C)CC(N)c1ccc(F)cc1F. The summed E-state index contributed by atoms with van der Waals surface area (Å²) in [4.78, 5) is 2.13. The number of hydrogen-bond donors (Lipinski definition) is 1. The number of benzene rings is 1. The largest absolute Gasteiger partial charge is 0.323 e. The molecule has 0 spiro atoms. The predicted molar refractivity (Wildman–Crippen MR) is 70.3 cm³/mol. The molecule has 18 heavy (non-hydrogen) atoms. The first-order valence-electron chi connectivity index (χ1n) is 6.40. The Labute approximate surface area is 108 Å². The summed E-state index contributed by atoms with van der Waals surface area (Å²) in [5.41, 5.74) is 6.36. The van der Waals surface area contributed by atoms with Crippen LogP contribution < -0.4 is 5.73 Å². The van der Waals surface area contributed by atoms with Crippen LogP contribution in [0, 0.1) is 11.6 Å². The molecule has 1 unspecified atom stereocenters. The van der Waals surface area contributed by atoms with Crippen LogP contribution in [-0.2, 0) is 0 Å². The molecule has 0 radical (unpaired) electrons. The number of nitrogens with two attached hydrogens (primary N) is 1. The first-order valence-corrected chi connectivity index (χ1v) is 6.40. The van der Waals surface area contributed by atoms with Gasteiger partial charge in [-0.1, -0.05) is 19.9 Å². The van der Waals surface area contributed by atoms with Gasteiger partial charge in [-0.25, -0.2) is 8.78 Å². The molecule has 0 aliphatic carbocycles. The van der Waals surface area contributed by atoms with Gasteiger partial charge >= 0.3 is 0 Å². The van der Waals surface area contributed by atoms with E-state index in [1.807, 2.05) is 7.05 Å². The lowest BCUT2D eigenvalue weighted by Crippen LogP contribution is -2.36. The van der Waals surface area contributed by atoms with Gasteiger partial charge in [0.05, 0.1) is 0 Å². The predicted octanol–water partition coefficient (Wildman–Crippen LogP) is 3.09.